The normalized spacial score (nSPS) is 29.8. The van der Waals surface area contributed by atoms with Crippen LogP contribution in [0.1, 0.15) is 41.5 Å². The van der Waals surface area contributed by atoms with Gasteiger partial charge in [-0.3, -0.25) is 34.2 Å². The molecule has 0 aromatic carbocycles. The Hall–Kier alpha value is -2.96. The maximum atomic E-state index is 12.1. The fraction of sp³-hybridized carbons (Fsp3) is 0.720. The van der Waals surface area contributed by atoms with E-state index in [1.54, 1.807) is 0 Å². The number of carbonyl (C=O) groups excluding carboxylic acids is 6. The van der Waals surface area contributed by atoms with Gasteiger partial charge < -0.3 is 47.4 Å². The minimum Gasteiger partial charge on any atom is -0.463 e. The lowest BCUT2D eigenvalue weighted by Gasteiger charge is -2.46. The van der Waals surface area contributed by atoms with Crippen LogP contribution in [0.2, 0.25) is 0 Å². The Morgan fingerprint density at radius 1 is 0.644 bits per heavy atom. The van der Waals surface area contributed by atoms with Crippen LogP contribution in [0, 0.1) is 5.41 Å². The summed E-state index contributed by atoms with van der Waals surface area (Å²) in [4.78, 5) is 72.0. The maximum Gasteiger partial charge on any atom is 0.303 e. The van der Waals surface area contributed by atoms with Gasteiger partial charge in [0.1, 0.15) is 18.8 Å². The Balaban J connectivity index is 2.56. The molecule has 0 spiro atoms. The second-order valence-electron chi connectivity index (χ2n) is 9.54. The quantitative estimate of drug-likeness (QED) is 0.110. The first-order valence-electron chi connectivity index (χ1n) is 13.0. The number of nitrogens with one attached hydrogen (secondary N) is 1. The maximum absolute atomic E-state index is 12.1. The SMILES string of the molecule is CC(=O)OC[C@H]1O[C@@H](O[C@@H]2COC(OC(=N)C(Cl)(Cl)Cl)[C@H](OC(C)=O)[C@H]2OC(C)=O)[C@H](OC(C)=O)[C@@H](OC(C)=O)[C@H]1OC(C)=O. The van der Waals surface area contributed by atoms with Crippen molar-refractivity contribution in [3.63, 3.8) is 0 Å². The summed E-state index contributed by atoms with van der Waals surface area (Å²) in [5, 5.41) is 7.88. The lowest BCUT2D eigenvalue weighted by Crippen LogP contribution is -2.65. The molecule has 2 rings (SSSR count). The van der Waals surface area contributed by atoms with E-state index in [0.717, 1.165) is 41.5 Å². The molecule has 2 saturated heterocycles. The molecule has 0 saturated carbocycles. The summed E-state index contributed by atoms with van der Waals surface area (Å²) in [6.07, 6.45) is -14.0. The zero-order chi connectivity index (χ0) is 34.2. The highest BCUT2D eigenvalue weighted by Gasteiger charge is 2.56. The average Bonchev–Trinajstić information content (AvgIpc) is 2.87. The molecule has 2 aliphatic rings. The van der Waals surface area contributed by atoms with Crippen molar-refractivity contribution in [1.82, 2.24) is 0 Å². The smallest absolute Gasteiger partial charge is 0.303 e. The third-order valence-electron chi connectivity index (χ3n) is 5.74. The van der Waals surface area contributed by atoms with Crippen LogP contribution >= 0.6 is 34.8 Å². The zero-order valence-electron chi connectivity index (χ0n) is 24.8. The molecule has 2 fully saturated rings. The number of hydrogen-bond donors (Lipinski definition) is 1. The van der Waals surface area contributed by atoms with Crippen LogP contribution in [0.15, 0.2) is 0 Å². The minimum atomic E-state index is -2.34. The van der Waals surface area contributed by atoms with Gasteiger partial charge >= 0.3 is 35.8 Å². The van der Waals surface area contributed by atoms with E-state index in [1.807, 2.05) is 0 Å². The molecule has 1 N–H and O–H groups in total. The first kappa shape index (κ1) is 38.2. The first-order chi connectivity index (χ1) is 20.8. The van der Waals surface area contributed by atoms with E-state index >= 15 is 0 Å². The van der Waals surface area contributed by atoms with E-state index in [9.17, 15) is 28.8 Å². The fourth-order valence-electron chi connectivity index (χ4n) is 4.27. The van der Waals surface area contributed by atoms with Gasteiger partial charge in [0.25, 0.3) is 3.79 Å². The Bertz CT molecular complexity index is 1150. The molecule has 17 nitrogen and oxygen atoms in total. The number of hydrogen-bond acceptors (Lipinski definition) is 17. The van der Waals surface area contributed by atoms with Crippen LogP contribution < -0.4 is 0 Å². The highest BCUT2D eigenvalue weighted by molar-refractivity contribution is 6.76. The number of esters is 6. The van der Waals surface area contributed by atoms with Gasteiger partial charge in [0.05, 0.1) is 6.61 Å². The number of carbonyl (C=O) groups is 6. The van der Waals surface area contributed by atoms with Gasteiger partial charge in [0.15, 0.2) is 30.7 Å². The van der Waals surface area contributed by atoms with Gasteiger partial charge in [-0.15, -0.1) is 0 Å². The van der Waals surface area contributed by atoms with Crippen LogP contribution in [0.25, 0.3) is 0 Å². The summed E-state index contributed by atoms with van der Waals surface area (Å²) < 4.78 is 52.2. The molecule has 20 heteroatoms. The highest BCUT2D eigenvalue weighted by atomic mass is 35.6. The van der Waals surface area contributed by atoms with Gasteiger partial charge in [0, 0.05) is 41.5 Å². The summed E-state index contributed by atoms with van der Waals surface area (Å²) in [7, 11) is 0. The Morgan fingerprint density at radius 2 is 1.09 bits per heavy atom. The first-order valence-corrected chi connectivity index (χ1v) is 14.2. The fourth-order valence-corrected chi connectivity index (χ4v) is 4.40. The number of halogens is 3. The molecule has 0 aromatic rings. The summed E-state index contributed by atoms with van der Waals surface area (Å²) in [5.74, 6) is -6.08. The molecule has 0 aromatic heterocycles. The lowest BCUT2D eigenvalue weighted by atomic mass is 9.97. The predicted molar refractivity (Wildman–Crippen MR) is 147 cm³/mol. The molecule has 0 amide bonds. The van der Waals surface area contributed by atoms with Crippen LogP contribution in [-0.2, 0) is 76.1 Å². The molecule has 1 unspecified atom stereocenters. The third kappa shape index (κ3) is 11.7. The van der Waals surface area contributed by atoms with Crippen molar-refractivity contribution in [3.8, 4) is 0 Å². The molecular formula is C25H32Cl3NO16. The predicted octanol–water partition coefficient (Wildman–Crippen LogP) is 1.04. The molecule has 2 heterocycles. The number of rotatable bonds is 10. The molecule has 2 aliphatic heterocycles. The van der Waals surface area contributed by atoms with E-state index in [4.69, 9.17) is 87.6 Å². The van der Waals surface area contributed by atoms with Crippen molar-refractivity contribution < 1.29 is 76.1 Å². The highest BCUT2D eigenvalue weighted by Crippen LogP contribution is 2.35. The molecule has 0 bridgehead atoms. The number of ether oxygens (including phenoxy) is 10. The van der Waals surface area contributed by atoms with Gasteiger partial charge in [-0.05, 0) is 0 Å². The van der Waals surface area contributed by atoms with Crippen LogP contribution in [0.4, 0.5) is 0 Å². The van der Waals surface area contributed by atoms with Crippen LogP contribution in [0.3, 0.4) is 0 Å². The summed E-state index contributed by atoms with van der Waals surface area (Å²) >= 11 is 17.1. The molecule has 45 heavy (non-hydrogen) atoms. The van der Waals surface area contributed by atoms with Crippen LogP contribution in [-0.4, -0.2) is 114 Å². The van der Waals surface area contributed by atoms with E-state index in [1.165, 1.54) is 0 Å². The topological polar surface area (TPSA) is 219 Å². The largest absolute Gasteiger partial charge is 0.463 e. The van der Waals surface area contributed by atoms with E-state index < -0.39 is 114 Å². The van der Waals surface area contributed by atoms with Gasteiger partial charge in [-0.2, -0.15) is 0 Å². The van der Waals surface area contributed by atoms with Gasteiger partial charge in [-0.1, -0.05) is 34.8 Å². The Labute approximate surface area is 271 Å². The van der Waals surface area contributed by atoms with Gasteiger partial charge in [-0.25, -0.2) is 0 Å². The monoisotopic (exact) mass is 707 g/mol. The molecule has 254 valence electrons. The second kappa shape index (κ2) is 16.6. The molecule has 9 atom stereocenters. The van der Waals surface area contributed by atoms with Crippen molar-refractivity contribution in [2.24, 2.45) is 0 Å². The standard InChI is InChI=1S/C25H32Cl3NO16/c1-9(30)36-7-15-17(38-10(2)31)19(40-12(4)33)21(42-14(6)35)23(43-15)44-16-8-37-22(45-24(29)25(26,27)28)20(41-13(5)34)18(16)39-11(3)32/h15-23,29H,7-8H2,1-6H3/t15-,16-,17+,18+,19+,20-,21-,22?,23+/m1/s1. The number of alkyl halides is 3. The second-order valence-corrected chi connectivity index (χ2v) is 11.8. The van der Waals surface area contributed by atoms with E-state index in [0.29, 0.717) is 0 Å². The van der Waals surface area contributed by atoms with E-state index in [2.05, 4.69) is 0 Å². The summed E-state index contributed by atoms with van der Waals surface area (Å²) in [6.45, 7) is 5.19. The summed E-state index contributed by atoms with van der Waals surface area (Å²) in [6, 6.07) is 0. The zero-order valence-corrected chi connectivity index (χ0v) is 27.0. The lowest BCUT2D eigenvalue weighted by molar-refractivity contribution is -0.342. The molecular weight excluding hydrogens is 677 g/mol. The molecule has 0 radical (unpaired) electrons. The Kier molecular flexibility index (Phi) is 14.1. The van der Waals surface area contributed by atoms with Crippen molar-refractivity contribution in [2.45, 2.75) is 101 Å². The van der Waals surface area contributed by atoms with Gasteiger partial charge in [0.2, 0.25) is 18.3 Å². The van der Waals surface area contributed by atoms with Crippen molar-refractivity contribution in [2.75, 3.05) is 13.2 Å². The van der Waals surface area contributed by atoms with Crippen molar-refractivity contribution in [1.29, 1.82) is 5.41 Å². The van der Waals surface area contributed by atoms with Crippen molar-refractivity contribution >= 4 is 76.5 Å². The van der Waals surface area contributed by atoms with E-state index in [-0.39, 0.29) is 0 Å². The van der Waals surface area contributed by atoms with Crippen LogP contribution in [0.5, 0.6) is 0 Å². The summed E-state index contributed by atoms with van der Waals surface area (Å²) in [5.41, 5.74) is 0. The third-order valence-corrected chi connectivity index (χ3v) is 6.25. The Morgan fingerprint density at radius 3 is 1.56 bits per heavy atom. The minimum absolute atomic E-state index is 0.527. The average molecular weight is 709 g/mol. The molecule has 0 aliphatic carbocycles. The van der Waals surface area contributed by atoms with Crippen molar-refractivity contribution in [3.05, 3.63) is 0 Å².